The summed E-state index contributed by atoms with van der Waals surface area (Å²) in [6.07, 6.45) is 8.18. The summed E-state index contributed by atoms with van der Waals surface area (Å²) in [6, 6.07) is 0. The summed E-state index contributed by atoms with van der Waals surface area (Å²) in [4.78, 5) is 10.4. The lowest BCUT2D eigenvalue weighted by atomic mass is 10.3. The zero-order valence-electron chi connectivity index (χ0n) is 10.8. The average Bonchev–Trinajstić information content (AvgIpc) is 2.63. The van der Waals surface area contributed by atoms with Gasteiger partial charge in [-0.15, -0.1) is 0 Å². The van der Waals surface area contributed by atoms with E-state index in [1.54, 1.807) is 0 Å². The van der Waals surface area contributed by atoms with Gasteiger partial charge < -0.3 is 9.90 Å². The minimum absolute atomic E-state index is 0.136. The molecule has 0 aromatic carbocycles. The zero-order chi connectivity index (χ0) is 12.7. The predicted molar refractivity (Wildman–Crippen MR) is 63.2 cm³/mol. The van der Waals surface area contributed by atoms with Gasteiger partial charge in [0.1, 0.15) is 12.4 Å². The molecule has 17 heavy (non-hydrogen) atoms. The Morgan fingerprint density at radius 2 is 2.18 bits per heavy atom. The first-order chi connectivity index (χ1) is 8.19. The van der Waals surface area contributed by atoms with Gasteiger partial charge in [0, 0.05) is 12.4 Å². The van der Waals surface area contributed by atoms with Crippen molar-refractivity contribution in [1.29, 1.82) is 0 Å². The lowest BCUT2D eigenvalue weighted by Gasteiger charge is -2.04. The number of aryl methyl sites for hydroxylation is 2. The summed E-state index contributed by atoms with van der Waals surface area (Å²) in [5, 5.41) is 10.4. The molecule has 1 heterocycles. The summed E-state index contributed by atoms with van der Waals surface area (Å²) in [6.45, 7) is 6.12. The fourth-order valence-corrected chi connectivity index (χ4v) is 2.05. The van der Waals surface area contributed by atoms with Crippen LogP contribution < -0.4 is 9.67 Å². The first kappa shape index (κ1) is 13.7. The van der Waals surface area contributed by atoms with Crippen molar-refractivity contribution in [2.24, 2.45) is 0 Å². The molecule has 1 aromatic heterocycles. The monoisotopic (exact) mass is 238 g/mol. The summed E-state index contributed by atoms with van der Waals surface area (Å²) in [5.41, 5.74) is 0. The number of hydrogen-bond acceptors (Lipinski definition) is 2. The number of nitrogens with zero attached hydrogens (tertiary/aromatic N) is 2. The van der Waals surface area contributed by atoms with Crippen molar-refractivity contribution in [1.82, 2.24) is 4.57 Å². The van der Waals surface area contributed by atoms with Crippen molar-refractivity contribution in [3.05, 3.63) is 18.2 Å². The van der Waals surface area contributed by atoms with Crippen LogP contribution in [0.4, 0.5) is 0 Å². The van der Waals surface area contributed by atoms with Crippen LogP contribution in [0.2, 0.25) is 0 Å². The van der Waals surface area contributed by atoms with Crippen molar-refractivity contribution in [2.45, 2.75) is 59.0 Å². The van der Waals surface area contributed by atoms with Gasteiger partial charge in [0.15, 0.2) is 0 Å². The maximum absolute atomic E-state index is 10.4. The van der Waals surface area contributed by atoms with E-state index in [0.29, 0.717) is 6.42 Å². The molecule has 0 saturated carbocycles. The van der Waals surface area contributed by atoms with Crippen LogP contribution in [-0.2, 0) is 24.3 Å². The maximum Gasteiger partial charge on any atom is 0.256 e. The number of carboxylic acids is 1. The molecule has 0 amide bonds. The quantitative estimate of drug-likeness (QED) is 0.625. The SMILES string of the molecule is CCCc1n(CCCC(=O)[O-])cc[n+]1CCC. The van der Waals surface area contributed by atoms with Gasteiger partial charge in [0.25, 0.3) is 5.82 Å². The third-order valence-electron chi connectivity index (χ3n) is 2.81. The van der Waals surface area contributed by atoms with Crippen molar-refractivity contribution in [3.63, 3.8) is 0 Å². The standard InChI is InChI=1S/C13H22N2O2/c1-3-6-12-14(8-4-2)10-11-15(12)9-5-7-13(16)17/h10-11H,3-9H2,1-2H3. The van der Waals surface area contributed by atoms with Crippen LogP contribution in [0.25, 0.3) is 0 Å². The fraction of sp³-hybridized carbons (Fsp3) is 0.692. The van der Waals surface area contributed by atoms with E-state index >= 15 is 0 Å². The van der Waals surface area contributed by atoms with Gasteiger partial charge >= 0.3 is 0 Å². The van der Waals surface area contributed by atoms with Crippen LogP contribution >= 0.6 is 0 Å². The molecule has 96 valence electrons. The molecule has 4 nitrogen and oxygen atoms in total. The summed E-state index contributed by atoms with van der Waals surface area (Å²) >= 11 is 0. The molecule has 0 bridgehead atoms. The highest BCUT2D eigenvalue weighted by atomic mass is 16.4. The van der Waals surface area contributed by atoms with Crippen LogP contribution in [0, 0.1) is 0 Å². The molecule has 0 radical (unpaired) electrons. The second-order valence-corrected chi connectivity index (χ2v) is 4.33. The average molecular weight is 238 g/mol. The van der Waals surface area contributed by atoms with Crippen LogP contribution in [0.15, 0.2) is 12.4 Å². The number of hydrogen-bond donors (Lipinski definition) is 0. The van der Waals surface area contributed by atoms with E-state index in [0.717, 1.165) is 32.4 Å². The molecule has 0 saturated heterocycles. The van der Waals surface area contributed by atoms with Gasteiger partial charge in [0.2, 0.25) is 0 Å². The third kappa shape index (κ3) is 4.21. The Morgan fingerprint density at radius 1 is 1.41 bits per heavy atom. The second-order valence-electron chi connectivity index (χ2n) is 4.33. The molecule has 1 aromatic rings. The topological polar surface area (TPSA) is 48.9 Å². The minimum atomic E-state index is -0.962. The highest BCUT2D eigenvalue weighted by Gasteiger charge is 2.14. The van der Waals surface area contributed by atoms with Crippen molar-refractivity contribution < 1.29 is 14.5 Å². The minimum Gasteiger partial charge on any atom is -0.550 e. The van der Waals surface area contributed by atoms with Gasteiger partial charge in [-0.05, 0) is 25.7 Å². The van der Waals surface area contributed by atoms with Gasteiger partial charge in [0.05, 0.1) is 13.1 Å². The number of carbonyl (C=O) groups excluding carboxylic acids is 1. The summed E-state index contributed by atoms with van der Waals surface area (Å²) in [7, 11) is 0. The number of rotatable bonds is 8. The summed E-state index contributed by atoms with van der Waals surface area (Å²) in [5.74, 6) is 0.336. The Bertz CT molecular complexity index is 358. The number of aliphatic carboxylic acids is 1. The number of carboxylic acid groups (broad SMARTS) is 1. The molecule has 0 N–H and O–H groups in total. The van der Waals surface area contributed by atoms with Crippen LogP contribution in [-0.4, -0.2) is 10.5 Å². The Balaban J connectivity index is 2.66. The van der Waals surface area contributed by atoms with E-state index in [2.05, 4.69) is 35.4 Å². The Hall–Kier alpha value is -1.32. The van der Waals surface area contributed by atoms with E-state index in [9.17, 15) is 9.90 Å². The Kier molecular flexibility index (Phi) is 5.73. The summed E-state index contributed by atoms with van der Waals surface area (Å²) < 4.78 is 4.44. The first-order valence-corrected chi connectivity index (χ1v) is 6.46. The van der Waals surface area contributed by atoms with E-state index in [1.807, 2.05) is 0 Å². The molecular weight excluding hydrogens is 216 g/mol. The fourth-order valence-electron chi connectivity index (χ4n) is 2.05. The smallest absolute Gasteiger partial charge is 0.256 e. The largest absolute Gasteiger partial charge is 0.550 e. The zero-order valence-corrected chi connectivity index (χ0v) is 10.8. The number of aromatic nitrogens is 2. The second kappa shape index (κ2) is 7.09. The van der Waals surface area contributed by atoms with Crippen molar-refractivity contribution in [2.75, 3.05) is 0 Å². The molecule has 0 aliphatic heterocycles. The predicted octanol–water partition coefficient (Wildman–Crippen LogP) is 0.668. The highest BCUT2D eigenvalue weighted by molar-refractivity contribution is 5.64. The van der Waals surface area contributed by atoms with E-state index in [1.165, 1.54) is 5.82 Å². The van der Waals surface area contributed by atoms with Crippen LogP contribution in [0.3, 0.4) is 0 Å². The number of carbonyl (C=O) groups is 1. The van der Waals surface area contributed by atoms with Crippen LogP contribution in [0.1, 0.15) is 45.4 Å². The molecular formula is C13H22N2O2. The van der Waals surface area contributed by atoms with Gasteiger partial charge in [-0.25, -0.2) is 9.13 Å². The lowest BCUT2D eigenvalue weighted by Crippen LogP contribution is -2.37. The van der Waals surface area contributed by atoms with Gasteiger partial charge in [-0.2, -0.15) is 0 Å². The molecule has 0 unspecified atom stereocenters. The van der Waals surface area contributed by atoms with Crippen molar-refractivity contribution >= 4 is 5.97 Å². The molecule has 0 fully saturated rings. The van der Waals surface area contributed by atoms with Gasteiger partial charge in [-0.1, -0.05) is 13.8 Å². The van der Waals surface area contributed by atoms with E-state index < -0.39 is 5.97 Å². The Labute approximate surface area is 103 Å². The number of imidazole rings is 1. The highest BCUT2D eigenvalue weighted by Crippen LogP contribution is 2.03. The van der Waals surface area contributed by atoms with Crippen molar-refractivity contribution in [3.8, 4) is 0 Å². The van der Waals surface area contributed by atoms with E-state index in [4.69, 9.17) is 0 Å². The molecule has 4 heteroatoms. The Morgan fingerprint density at radius 3 is 2.76 bits per heavy atom. The van der Waals surface area contributed by atoms with Gasteiger partial charge in [-0.3, -0.25) is 0 Å². The molecule has 0 spiro atoms. The first-order valence-electron chi connectivity index (χ1n) is 6.46. The molecule has 0 atom stereocenters. The van der Waals surface area contributed by atoms with Crippen LogP contribution in [0.5, 0.6) is 0 Å². The lowest BCUT2D eigenvalue weighted by molar-refractivity contribution is -0.703. The molecule has 0 aliphatic carbocycles. The van der Waals surface area contributed by atoms with E-state index in [-0.39, 0.29) is 6.42 Å². The molecule has 1 rings (SSSR count). The maximum atomic E-state index is 10.4. The third-order valence-corrected chi connectivity index (χ3v) is 2.81. The molecule has 0 aliphatic rings. The normalized spacial score (nSPS) is 10.7.